The summed E-state index contributed by atoms with van der Waals surface area (Å²) >= 11 is 0. The van der Waals surface area contributed by atoms with E-state index in [0.29, 0.717) is 11.1 Å². The predicted octanol–water partition coefficient (Wildman–Crippen LogP) is 6.33. The molecule has 0 heterocycles. The Labute approximate surface area is 196 Å². The average Bonchev–Trinajstić information content (AvgIpc) is 2.90. The molecule has 0 aliphatic rings. The van der Waals surface area contributed by atoms with Crippen LogP contribution in [-0.4, -0.2) is 11.8 Å². The van der Waals surface area contributed by atoms with Crippen molar-refractivity contribution < 1.29 is 9.59 Å². The number of hydrogen-bond acceptors (Lipinski definition) is 2. The molecule has 0 aromatic heterocycles. The summed E-state index contributed by atoms with van der Waals surface area (Å²) in [7, 11) is 0. The lowest BCUT2D eigenvalue weighted by Gasteiger charge is -2.13. The first kappa shape index (κ1) is 19.9. The summed E-state index contributed by atoms with van der Waals surface area (Å²) in [5, 5.41) is 7.47. The number of benzene rings is 6. The van der Waals surface area contributed by atoms with Crippen LogP contribution < -0.4 is 10.9 Å². The highest BCUT2D eigenvalue weighted by Gasteiger charge is 2.12. The number of carbonyl (C=O) groups excluding carboxylic acids is 2. The maximum Gasteiger partial charge on any atom is 0.269 e. The smallest absolute Gasteiger partial charge is 0.267 e. The summed E-state index contributed by atoms with van der Waals surface area (Å²) in [6.07, 6.45) is 0. The van der Waals surface area contributed by atoms with Gasteiger partial charge in [-0.3, -0.25) is 20.4 Å². The van der Waals surface area contributed by atoms with Crippen LogP contribution in [0.1, 0.15) is 20.7 Å². The third-order valence-corrected chi connectivity index (χ3v) is 6.27. The third kappa shape index (κ3) is 3.42. The Morgan fingerprint density at radius 2 is 0.941 bits per heavy atom. The zero-order valence-electron chi connectivity index (χ0n) is 18.2. The minimum atomic E-state index is -0.369. The van der Waals surface area contributed by atoms with Gasteiger partial charge in [0.2, 0.25) is 0 Å². The molecule has 0 aliphatic heterocycles. The molecule has 162 valence electrons. The van der Waals surface area contributed by atoms with Crippen LogP contribution >= 0.6 is 0 Å². The molecule has 34 heavy (non-hydrogen) atoms. The summed E-state index contributed by atoms with van der Waals surface area (Å²) in [6.45, 7) is 0. The van der Waals surface area contributed by atoms with E-state index in [1.807, 2.05) is 18.2 Å². The third-order valence-electron chi connectivity index (χ3n) is 6.27. The SMILES string of the molecule is O=C(NNC(=O)c1ccc(-c2cc3ccc4cccc5ccc(c2)c3c45)cc1)c1ccccc1. The molecule has 4 nitrogen and oxygen atoms in total. The molecule has 0 spiro atoms. The first-order valence-electron chi connectivity index (χ1n) is 11.1. The van der Waals surface area contributed by atoms with Crippen molar-refractivity contribution in [3.63, 3.8) is 0 Å². The highest BCUT2D eigenvalue weighted by Crippen LogP contribution is 2.37. The number of amides is 2. The van der Waals surface area contributed by atoms with Gasteiger partial charge in [-0.15, -0.1) is 0 Å². The van der Waals surface area contributed by atoms with Gasteiger partial charge in [0.05, 0.1) is 0 Å². The average molecular weight is 441 g/mol. The molecule has 6 rings (SSSR count). The van der Waals surface area contributed by atoms with Gasteiger partial charge in [-0.05, 0) is 79.8 Å². The van der Waals surface area contributed by atoms with Gasteiger partial charge in [0.25, 0.3) is 11.8 Å². The van der Waals surface area contributed by atoms with Gasteiger partial charge < -0.3 is 0 Å². The highest BCUT2D eigenvalue weighted by molar-refractivity contribution is 6.23. The van der Waals surface area contributed by atoms with E-state index in [-0.39, 0.29) is 11.8 Å². The molecule has 0 unspecified atom stereocenters. The van der Waals surface area contributed by atoms with Crippen molar-refractivity contribution in [3.05, 3.63) is 120 Å². The summed E-state index contributed by atoms with van der Waals surface area (Å²) in [6, 6.07) is 35.6. The summed E-state index contributed by atoms with van der Waals surface area (Å²) in [4.78, 5) is 24.6. The molecule has 0 bridgehead atoms. The fourth-order valence-corrected chi connectivity index (χ4v) is 4.58. The van der Waals surface area contributed by atoms with E-state index in [0.717, 1.165) is 11.1 Å². The molecule has 2 N–H and O–H groups in total. The van der Waals surface area contributed by atoms with E-state index in [1.165, 1.54) is 32.3 Å². The molecular formula is C30H20N2O2. The molecule has 6 aromatic carbocycles. The van der Waals surface area contributed by atoms with Gasteiger partial charge in [0.1, 0.15) is 0 Å². The van der Waals surface area contributed by atoms with Crippen LogP contribution in [0.3, 0.4) is 0 Å². The molecule has 0 saturated heterocycles. The van der Waals surface area contributed by atoms with Crippen molar-refractivity contribution >= 4 is 44.1 Å². The van der Waals surface area contributed by atoms with E-state index < -0.39 is 0 Å². The second-order valence-electron chi connectivity index (χ2n) is 8.36. The Bertz CT molecular complexity index is 1610. The minimum absolute atomic E-state index is 0.362. The van der Waals surface area contributed by atoms with Gasteiger partial charge in [-0.25, -0.2) is 0 Å². The Kier molecular flexibility index (Phi) is 4.70. The fourth-order valence-electron chi connectivity index (χ4n) is 4.58. The van der Waals surface area contributed by atoms with Crippen molar-refractivity contribution in [2.45, 2.75) is 0 Å². The van der Waals surface area contributed by atoms with E-state index in [4.69, 9.17) is 0 Å². The Hall–Kier alpha value is -4.70. The van der Waals surface area contributed by atoms with Gasteiger partial charge in [-0.2, -0.15) is 0 Å². The normalized spacial score (nSPS) is 11.2. The van der Waals surface area contributed by atoms with Crippen LogP contribution in [-0.2, 0) is 0 Å². The van der Waals surface area contributed by atoms with E-state index in [1.54, 1.807) is 36.4 Å². The van der Waals surface area contributed by atoms with Crippen LogP contribution in [0.4, 0.5) is 0 Å². The molecule has 0 fully saturated rings. The standard InChI is InChI=1S/C30H20N2O2/c33-29(22-5-2-1-3-6-22)31-32-30(34)23-13-9-19(10-14-23)26-17-24-15-11-20-7-4-8-21-12-16-25(18-26)28(24)27(20)21/h1-18H,(H,31,33)(H,32,34). The molecule has 6 aromatic rings. The number of hydrogen-bond donors (Lipinski definition) is 2. The monoisotopic (exact) mass is 440 g/mol. The van der Waals surface area contributed by atoms with Crippen LogP contribution in [0, 0.1) is 0 Å². The van der Waals surface area contributed by atoms with E-state index >= 15 is 0 Å². The Morgan fingerprint density at radius 1 is 0.441 bits per heavy atom. The molecule has 0 atom stereocenters. The second kappa shape index (κ2) is 8.01. The number of rotatable bonds is 3. The van der Waals surface area contributed by atoms with E-state index in [2.05, 4.69) is 65.4 Å². The molecule has 2 amide bonds. The maximum absolute atomic E-state index is 12.5. The molecule has 0 saturated carbocycles. The topological polar surface area (TPSA) is 58.2 Å². The molecule has 4 heteroatoms. The van der Waals surface area contributed by atoms with Gasteiger partial charge in [-0.1, -0.05) is 72.8 Å². The van der Waals surface area contributed by atoms with Gasteiger partial charge >= 0.3 is 0 Å². The predicted molar refractivity (Wildman–Crippen MR) is 137 cm³/mol. The summed E-state index contributed by atoms with van der Waals surface area (Å²) in [5.74, 6) is -0.731. The quantitative estimate of drug-likeness (QED) is 0.250. The molecule has 0 aliphatic carbocycles. The van der Waals surface area contributed by atoms with E-state index in [9.17, 15) is 9.59 Å². The van der Waals surface area contributed by atoms with Gasteiger partial charge in [0.15, 0.2) is 0 Å². The lowest BCUT2D eigenvalue weighted by molar-refractivity contribution is 0.0846. The second-order valence-corrected chi connectivity index (χ2v) is 8.36. The Balaban J connectivity index is 1.26. The van der Waals surface area contributed by atoms with Crippen molar-refractivity contribution in [2.24, 2.45) is 0 Å². The first-order valence-corrected chi connectivity index (χ1v) is 11.1. The Morgan fingerprint density at radius 3 is 1.53 bits per heavy atom. The van der Waals surface area contributed by atoms with Gasteiger partial charge in [0, 0.05) is 11.1 Å². The molecule has 0 radical (unpaired) electrons. The van der Waals surface area contributed by atoms with Crippen molar-refractivity contribution in [1.29, 1.82) is 0 Å². The van der Waals surface area contributed by atoms with Crippen LogP contribution in [0.2, 0.25) is 0 Å². The minimum Gasteiger partial charge on any atom is -0.267 e. The fraction of sp³-hybridized carbons (Fsp3) is 0. The zero-order chi connectivity index (χ0) is 23.1. The highest BCUT2D eigenvalue weighted by atomic mass is 16.2. The first-order chi connectivity index (χ1) is 16.7. The lowest BCUT2D eigenvalue weighted by Crippen LogP contribution is -2.41. The summed E-state index contributed by atoms with van der Waals surface area (Å²) in [5.41, 5.74) is 7.99. The van der Waals surface area contributed by atoms with Crippen molar-refractivity contribution in [3.8, 4) is 11.1 Å². The number of carbonyl (C=O) groups is 2. The lowest BCUT2D eigenvalue weighted by atomic mass is 9.91. The molecular weight excluding hydrogens is 420 g/mol. The van der Waals surface area contributed by atoms with Crippen LogP contribution in [0.15, 0.2) is 109 Å². The zero-order valence-corrected chi connectivity index (χ0v) is 18.2. The van der Waals surface area contributed by atoms with Crippen LogP contribution in [0.25, 0.3) is 43.4 Å². The van der Waals surface area contributed by atoms with Crippen molar-refractivity contribution in [2.75, 3.05) is 0 Å². The largest absolute Gasteiger partial charge is 0.269 e. The summed E-state index contributed by atoms with van der Waals surface area (Å²) < 4.78 is 0. The van der Waals surface area contributed by atoms with Crippen LogP contribution in [0.5, 0.6) is 0 Å². The number of hydrazine groups is 1. The maximum atomic E-state index is 12.5. The number of nitrogens with one attached hydrogen (secondary N) is 2. The van der Waals surface area contributed by atoms with Crippen molar-refractivity contribution in [1.82, 2.24) is 10.9 Å².